The molecule has 0 saturated carbocycles. The molecule has 1 fully saturated rings. The highest BCUT2D eigenvalue weighted by Crippen LogP contribution is 2.23. The fourth-order valence-electron chi connectivity index (χ4n) is 7.20. The van der Waals surface area contributed by atoms with Crippen LogP contribution in [0.4, 0.5) is 0 Å². The topological polar surface area (TPSA) is 189 Å². The number of aliphatic hydroxyl groups excluding tert-OH is 7. The molecule has 1 rings (SSSR count). The van der Waals surface area contributed by atoms with Crippen molar-refractivity contribution in [2.45, 2.75) is 249 Å². The first-order chi connectivity index (χ1) is 25.7. The fraction of sp³-hybridized carbons (Fsp3) is 0.976. The van der Waals surface area contributed by atoms with E-state index >= 15 is 0 Å². The second-order valence-corrected chi connectivity index (χ2v) is 15.8. The summed E-state index contributed by atoms with van der Waals surface area (Å²) in [7, 11) is 0. The van der Waals surface area contributed by atoms with Crippen molar-refractivity contribution in [2.24, 2.45) is 0 Å². The van der Waals surface area contributed by atoms with E-state index in [1.165, 1.54) is 116 Å². The van der Waals surface area contributed by atoms with Crippen molar-refractivity contribution in [3.05, 3.63) is 0 Å². The standard InChI is InChI=1S/C42H83NO10/c1-3-5-7-9-11-13-15-17-18-20-22-24-26-28-30-35(46)41(51)43-33(32-52-42-40(50)39(49)38(48)36(31-44)53-42)37(47)34(45)29-27-25-23-21-19-16-14-12-10-8-6-4-2/h33-40,42,44-50H,3-32H2,1-2H3,(H,43,51)/t33-,34+,35-,36+,37-,38-,39-,40+,42-/m0/s1. The summed E-state index contributed by atoms with van der Waals surface area (Å²) >= 11 is 0. The first-order valence-corrected chi connectivity index (χ1v) is 21.9. The molecule has 0 aromatic rings. The molecule has 0 spiro atoms. The number of carbonyl (C=O) groups is 1. The molecule has 9 atom stereocenters. The number of rotatable bonds is 36. The lowest BCUT2D eigenvalue weighted by Crippen LogP contribution is -2.60. The summed E-state index contributed by atoms with van der Waals surface area (Å²) in [5.41, 5.74) is 0. The molecule has 8 N–H and O–H groups in total. The van der Waals surface area contributed by atoms with Gasteiger partial charge in [0.2, 0.25) is 5.91 Å². The monoisotopic (exact) mass is 762 g/mol. The van der Waals surface area contributed by atoms with Crippen LogP contribution in [0.15, 0.2) is 0 Å². The molecule has 1 aliphatic heterocycles. The van der Waals surface area contributed by atoms with Crippen molar-refractivity contribution >= 4 is 5.91 Å². The maximum atomic E-state index is 13.0. The zero-order valence-corrected chi connectivity index (χ0v) is 33.8. The average molecular weight is 762 g/mol. The predicted octanol–water partition coefficient (Wildman–Crippen LogP) is 6.33. The van der Waals surface area contributed by atoms with Crippen LogP contribution >= 0.6 is 0 Å². The Kier molecular flexibility index (Phi) is 31.5. The third-order valence-corrected chi connectivity index (χ3v) is 10.9. The Balaban J connectivity index is 2.49. The van der Waals surface area contributed by atoms with E-state index in [1.54, 1.807) is 0 Å². The lowest BCUT2D eigenvalue weighted by molar-refractivity contribution is -0.303. The maximum absolute atomic E-state index is 13.0. The van der Waals surface area contributed by atoms with Gasteiger partial charge in [-0.25, -0.2) is 0 Å². The Morgan fingerprint density at radius 3 is 1.40 bits per heavy atom. The van der Waals surface area contributed by atoms with Crippen LogP contribution in [0, 0.1) is 0 Å². The fourth-order valence-corrected chi connectivity index (χ4v) is 7.20. The van der Waals surface area contributed by atoms with Crippen molar-refractivity contribution < 1.29 is 50.0 Å². The van der Waals surface area contributed by atoms with Gasteiger partial charge in [0.05, 0.1) is 25.4 Å². The van der Waals surface area contributed by atoms with Crippen molar-refractivity contribution in [1.82, 2.24) is 5.32 Å². The van der Waals surface area contributed by atoms with Gasteiger partial charge in [-0.05, 0) is 12.8 Å². The summed E-state index contributed by atoms with van der Waals surface area (Å²) in [5, 5.41) is 75.4. The molecule has 0 bridgehead atoms. The third-order valence-electron chi connectivity index (χ3n) is 10.9. The number of amides is 1. The molecule has 316 valence electrons. The molecule has 53 heavy (non-hydrogen) atoms. The highest BCUT2D eigenvalue weighted by atomic mass is 16.7. The van der Waals surface area contributed by atoms with E-state index in [-0.39, 0.29) is 6.42 Å². The number of nitrogens with one attached hydrogen (secondary N) is 1. The van der Waals surface area contributed by atoms with Gasteiger partial charge in [0.15, 0.2) is 6.29 Å². The molecule has 1 amide bonds. The SMILES string of the molecule is CCCCCCCCCCCCCCCC[C@H](O)C(=O)N[C@@H](CO[C@H]1O[C@H](CO)[C@H](O)[C@H](O)[C@H]1O)[C@H](O)[C@H](O)CCCCCCCCCCCCCC. The second kappa shape index (κ2) is 33.3. The van der Waals surface area contributed by atoms with E-state index in [1.807, 2.05) is 0 Å². The van der Waals surface area contributed by atoms with Crippen LogP contribution in [-0.4, -0.2) is 110 Å². The normalized spacial score (nSPS) is 22.8. The molecule has 1 saturated heterocycles. The van der Waals surface area contributed by atoms with E-state index in [2.05, 4.69) is 19.2 Å². The Morgan fingerprint density at radius 1 is 0.585 bits per heavy atom. The van der Waals surface area contributed by atoms with E-state index in [0.29, 0.717) is 19.3 Å². The van der Waals surface area contributed by atoms with Gasteiger partial charge < -0.3 is 50.5 Å². The van der Waals surface area contributed by atoms with Gasteiger partial charge in [0.25, 0.3) is 0 Å². The molecular formula is C42H83NO10. The molecule has 0 aliphatic carbocycles. The van der Waals surface area contributed by atoms with Crippen LogP contribution in [0.3, 0.4) is 0 Å². The van der Waals surface area contributed by atoms with Crippen molar-refractivity contribution in [3.63, 3.8) is 0 Å². The number of hydrogen-bond acceptors (Lipinski definition) is 10. The lowest BCUT2D eigenvalue weighted by Gasteiger charge is -2.40. The summed E-state index contributed by atoms with van der Waals surface area (Å²) in [6.45, 7) is 3.42. The summed E-state index contributed by atoms with van der Waals surface area (Å²) in [6.07, 6.45) is 20.1. The molecule has 0 aromatic heterocycles. The number of carbonyl (C=O) groups excluding carboxylic acids is 1. The second-order valence-electron chi connectivity index (χ2n) is 15.8. The third kappa shape index (κ3) is 23.7. The van der Waals surface area contributed by atoms with E-state index in [0.717, 1.165) is 38.5 Å². The molecule has 0 aromatic carbocycles. The summed E-state index contributed by atoms with van der Waals surface area (Å²) in [6, 6.07) is -1.16. The molecule has 11 nitrogen and oxygen atoms in total. The van der Waals surface area contributed by atoms with E-state index in [4.69, 9.17) is 9.47 Å². The highest BCUT2D eigenvalue weighted by molar-refractivity contribution is 5.80. The van der Waals surface area contributed by atoms with Crippen LogP contribution in [-0.2, 0) is 14.3 Å². The van der Waals surface area contributed by atoms with Crippen LogP contribution in [0.1, 0.15) is 194 Å². The van der Waals surface area contributed by atoms with E-state index in [9.17, 15) is 40.5 Å². The van der Waals surface area contributed by atoms with Crippen LogP contribution < -0.4 is 5.32 Å². The van der Waals surface area contributed by atoms with Gasteiger partial charge in [-0.1, -0.05) is 181 Å². The smallest absolute Gasteiger partial charge is 0.249 e. The minimum atomic E-state index is -1.65. The Bertz CT molecular complexity index is 836. The van der Waals surface area contributed by atoms with Gasteiger partial charge in [0, 0.05) is 0 Å². The number of aliphatic hydroxyl groups is 7. The zero-order chi connectivity index (χ0) is 39.1. The van der Waals surface area contributed by atoms with Crippen molar-refractivity contribution in [1.29, 1.82) is 0 Å². The Labute approximate surface area is 322 Å². The largest absolute Gasteiger partial charge is 0.394 e. The molecule has 1 aliphatic rings. The quantitative estimate of drug-likeness (QED) is 0.0335. The molecule has 1 heterocycles. The maximum Gasteiger partial charge on any atom is 0.249 e. The van der Waals surface area contributed by atoms with Gasteiger partial charge in [-0.15, -0.1) is 0 Å². The summed E-state index contributed by atoms with van der Waals surface area (Å²) < 4.78 is 11.1. The molecular weight excluding hydrogens is 678 g/mol. The summed E-state index contributed by atoms with van der Waals surface area (Å²) in [4.78, 5) is 13.0. The molecule has 0 radical (unpaired) electrons. The predicted molar refractivity (Wildman–Crippen MR) is 210 cm³/mol. The Morgan fingerprint density at radius 2 is 0.981 bits per heavy atom. The zero-order valence-electron chi connectivity index (χ0n) is 33.8. The van der Waals surface area contributed by atoms with Crippen LogP contribution in [0.25, 0.3) is 0 Å². The first-order valence-electron chi connectivity index (χ1n) is 21.9. The number of unbranched alkanes of at least 4 members (excludes halogenated alkanes) is 24. The van der Waals surface area contributed by atoms with Crippen molar-refractivity contribution in [2.75, 3.05) is 13.2 Å². The molecule has 0 unspecified atom stereocenters. The van der Waals surface area contributed by atoms with Gasteiger partial charge >= 0.3 is 0 Å². The Hall–Kier alpha value is -0.890. The number of ether oxygens (including phenoxy) is 2. The van der Waals surface area contributed by atoms with E-state index < -0.39 is 74.2 Å². The highest BCUT2D eigenvalue weighted by Gasteiger charge is 2.44. The minimum Gasteiger partial charge on any atom is -0.394 e. The van der Waals surface area contributed by atoms with Crippen LogP contribution in [0.2, 0.25) is 0 Å². The summed E-state index contributed by atoms with van der Waals surface area (Å²) in [5.74, 6) is -0.696. The van der Waals surface area contributed by atoms with Crippen molar-refractivity contribution in [3.8, 4) is 0 Å². The van der Waals surface area contributed by atoms with Gasteiger partial charge in [-0.2, -0.15) is 0 Å². The first kappa shape index (κ1) is 50.1. The van der Waals surface area contributed by atoms with Gasteiger partial charge in [0.1, 0.15) is 36.6 Å². The average Bonchev–Trinajstić information content (AvgIpc) is 3.16. The number of hydrogen-bond donors (Lipinski definition) is 8. The molecule has 11 heteroatoms. The van der Waals surface area contributed by atoms with Gasteiger partial charge in [-0.3, -0.25) is 4.79 Å². The lowest BCUT2D eigenvalue weighted by atomic mass is 9.98. The van der Waals surface area contributed by atoms with Crippen LogP contribution in [0.5, 0.6) is 0 Å². The minimum absolute atomic E-state index is 0.266.